The molecule has 0 spiro atoms. The Hall–Kier alpha value is -2.92. The van der Waals surface area contributed by atoms with E-state index in [4.69, 9.17) is 4.74 Å². The molecule has 2 heterocycles. The first-order valence-corrected chi connectivity index (χ1v) is 9.26. The van der Waals surface area contributed by atoms with Crippen LogP contribution in [0, 0.1) is 0 Å². The average molecular weight is 361 g/mol. The second-order valence-electron chi connectivity index (χ2n) is 6.06. The third kappa shape index (κ3) is 3.26. The number of anilines is 1. The second kappa shape index (κ2) is 7.14. The molecule has 0 saturated carbocycles. The number of aromatic nitrogens is 2. The van der Waals surface area contributed by atoms with Crippen molar-refractivity contribution >= 4 is 27.4 Å². The summed E-state index contributed by atoms with van der Waals surface area (Å²) in [4.78, 5) is 11.0. The molecule has 0 unspecified atom stereocenters. The Labute approximate surface area is 156 Å². The van der Waals surface area contributed by atoms with Crippen LogP contribution < -0.4 is 10.1 Å². The molecule has 4 nitrogen and oxygen atoms in total. The highest BCUT2D eigenvalue weighted by Gasteiger charge is 2.13. The predicted molar refractivity (Wildman–Crippen MR) is 108 cm³/mol. The topological polar surface area (TPSA) is 47.0 Å². The maximum absolute atomic E-state index is 5.34. The van der Waals surface area contributed by atoms with Crippen LogP contribution in [-0.4, -0.2) is 17.1 Å². The molecule has 4 aromatic rings. The summed E-state index contributed by atoms with van der Waals surface area (Å²) in [5.41, 5.74) is 2.34. The lowest BCUT2D eigenvalue weighted by Gasteiger charge is -2.15. The van der Waals surface area contributed by atoms with Crippen LogP contribution in [0.25, 0.3) is 20.7 Å². The molecule has 0 amide bonds. The number of ether oxygens (including phenoxy) is 1. The molecule has 0 radical (unpaired) electrons. The van der Waals surface area contributed by atoms with Crippen LogP contribution in [0.5, 0.6) is 5.75 Å². The fraction of sp³-hybridized carbons (Fsp3) is 0.143. The van der Waals surface area contributed by atoms with E-state index in [1.54, 1.807) is 24.8 Å². The molecule has 26 heavy (non-hydrogen) atoms. The number of rotatable bonds is 5. The number of nitrogens with one attached hydrogen (secondary N) is 1. The largest absolute Gasteiger partial charge is 0.497 e. The van der Waals surface area contributed by atoms with Crippen molar-refractivity contribution in [1.29, 1.82) is 0 Å². The summed E-state index contributed by atoms with van der Waals surface area (Å²) in [6.45, 7) is 2.14. The summed E-state index contributed by atoms with van der Waals surface area (Å²) < 4.78 is 5.34. The van der Waals surface area contributed by atoms with Gasteiger partial charge in [-0.2, -0.15) is 0 Å². The van der Waals surface area contributed by atoms with E-state index in [1.165, 1.54) is 5.56 Å². The van der Waals surface area contributed by atoms with E-state index in [1.807, 2.05) is 24.3 Å². The predicted octanol–water partition coefficient (Wildman–Crippen LogP) is 5.54. The SMILES string of the molecule is COc1cccc(-c2cc3c(N[C@H](C)c4ccccc4)ncnc3s2)c1. The third-order valence-corrected chi connectivity index (χ3v) is 5.43. The number of hydrogen-bond donors (Lipinski definition) is 1. The lowest BCUT2D eigenvalue weighted by molar-refractivity contribution is 0.415. The zero-order valence-electron chi connectivity index (χ0n) is 14.6. The third-order valence-electron chi connectivity index (χ3n) is 4.34. The molecule has 5 heteroatoms. The van der Waals surface area contributed by atoms with Gasteiger partial charge in [-0.3, -0.25) is 0 Å². The molecule has 1 N–H and O–H groups in total. The quantitative estimate of drug-likeness (QED) is 0.507. The minimum absolute atomic E-state index is 0.162. The van der Waals surface area contributed by atoms with E-state index in [2.05, 4.69) is 58.6 Å². The molecule has 2 aromatic carbocycles. The van der Waals surface area contributed by atoms with Crippen LogP contribution in [0.1, 0.15) is 18.5 Å². The van der Waals surface area contributed by atoms with Crippen molar-refractivity contribution in [3.05, 3.63) is 72.6 Å². The highest BCUT2D eigenvalue weighted by Crippen LogP contribution is 2.36. The first-order valence-electron chi connectivity index (χ1n) is 8.45. The van der Waals surface area contributed by atoms with Crippen molar-refractivity contribution in [1.82, 2.24) is 9.97 Å². The maximum atomic E-state index is 5.34. The minimum atomic E-state index is 0.162. The molecule has 0 aliphatic carbocycles. The van der Waals surface area contributed by atoms with Gasteiger partial charge in [0, 0.05) is 10.9 Å². The normalized spacial score (nSPS) is 12.1. The van der Waals surface area contributed by atoms with Crippen molar-refractivity contribution in [2.45, 2.75) is 13.0 Å². The first kappa shape index (κ1) is 16.5. The van der Waals surface area contributed by atoms with Gasteiger partial charge < -0.3 is 10.1 Å². The Balaban J connectivity index is 1.69. The highest BCUT2D eigenvalue weighted by molar-refractivity contribution is 7.21. The van der Waals surface area contributed by atoms with Crippen molar-refractivity contribution in [2.75, 3.05) is 12.4 Å². The molecule has 4 rings (SSSR count). The van der Waals surface area contributed by atoms with Crippen LogP contribution in [0.2, 0.25) is 0 Å². The first-order chi connectivity index (χ1) is 12.7. The Kier molecular flexibility index (Phi) is 4.54. The Bertz CT molecular complexity index is 1030. The number of hydrogen-bond acceptors (Lipinski definition) is 5. The molecule has 1 atom stereocenters. The summed E-state index contributed by atoms with van der Waals surface area (Å²) in [5.74, 6) is 1.71. The summed E-state index contributed by atoms with van der Waals surface area (Å²) in [6, 6.07) is 20.7. The van der Waals surface area contributed by atoms with Gasteiger partial charge in [-0.25, -0.2) is 9.97 Å². The molecule has 2 aromatic heterocycles. The van der Waals surface area contributed by atoms with Gasteiger partial charge in [0.15, 0.2) is 0 Å². The van der Waals surface area contributed by atoms with E-state index in [-0.39, 0.29) is 6.04 Å². The number of nitrogens with zero attached hydrogens (tertiary/aromatic N) is 2. The average Bonchev–Trinajstić information content (AvgIpc) is 3.14. The van der Waals surface area contributed by atoms with E-state index in [0.717, 1.165) is 32.2 Å². The minimum Gasteiger partial charge on any atom is -0.497 e. The zero-order valence-corrected chi connectivity index (χ0v) is 15.5. The molecule has 0 saturated heterocycles. The van der Waals surface area contributed by atoms with E-state index < -0.39 is 0 Å². The fourth-order valence-corrected chi connectivity index (χ4v) is 3.91. The monoisotopic (exact) mass is 361 g/mol. The molecule has 130 valence electrons. The molecule has 0 aliphatic rings. The van der Waals surface area contributed by atoms with Crippen LogP contribution in [-0.2, 0) is 0 Å². The summed E-state index contributed by atoms with van der Waals surface area (Å²) in [7, 11) is 1.68. The fourth-order valence-electron chi connectivity index (χ4n) is 2.92. The van der Waals surface area contributed by atoms with Gasteiger partial charge in [0.1, 0.15) is 22.7 Å². The molecule has 0 bridgehead atoms. The van der Waals surface area contributed by atoms with Crippen molar-refractivity contribution in [2.24, 2.45) is 0 Å². The lowest BCUT2D eigenvalue weighted by atomic mass is 10.1. The van der Waals surface area contributed by atoms with E-state index in [9.17, 15) is 0 Å². The van der Waals surface area contributed by atoms with Crippen molar-refractivity contribution < 1.29 is 4.74 Å². The van der Waals surface area contributed by atoms with Crippen molar-refractivity contribution in [3.63, 3.8) is 0 Å². The lowest BCUT2D eigenvalue weighted by Crippen LogP contribution is -2.08. The van der Waals surface area contributed by atoms with Gasteiger partial charge in [-0.05, 0) is 36.2 Å². The number of benzene rings is 2. The molecule has 0 aliphatic heterocycles. The Morgan fingerprint density at radius 1 is 1.00 bits per heavy atom. The molecule has 0 fully saturated rings. The number of fused-ring (bicyclic) bond motifs is 1. The second-order valence-corrected chi connectivity index (χ2v) is 7.09. The highest BCUT2D eigenvalue weighted by atomic mass is 32.1. The Morgan fingerprint density at radius 2 is 1.85 bits per heavy atom. The van der Waals surface area contributed by atoms with Gasteiger partial charge >= 0.3 is 0 Å². The summed E-state index contributed by atoms with van der Waals surface area (Å²) >= 11 is 1.66. The number of methoxy groups -OCH3 is 1. The van der Waals surface area contributed by atoms with E-state index in [0.29, 0.717) is 0 Å². The molecular weight excluding hydrogens is 342 g/mol. The number of thiophene rings is 1. The van der Waals surface area contributed by atoms with Gasteiger partial charge in [-0.15, -0.1) is 11.3 Å². The van der Waals surface area contributed by atoms with Gasteiger partial charge in [0.2, 0.25) is 0 Å². The summed E-state index contributed by atoms with van der Waals surface area (Å²) in [6.07, 6.45) is 1.62. The van der Waals surface area contributed by atoms with Crippen molar-refractivity contribution in [3.8, 4) is 16.2 Å². The smallest absolute Gasteiger partial charge is 0.138 e. The zero-order chi connectivity index (χ0) is 17.9. The van der Waals surface area contributed by atoms with Gasteiger partial charge in [0.25, 0.3) is 0 Å². The maximum Gasteiger partial charge on any atom is 0.138 e. The van der Waals surface area contributed by atoms with Crippen LogP contribution >= 0.6 is 11.3 Å². The standard InChI is InChI=1S/C21H19N3OS/c1-14(15-7-4-3-5-8-15)24-20-18-12-19(26-21(18)23-13-22-20)16-9-6-10-17(11-16)25-2/h3-14H,1-2H3,(H,22,23,24)/t14-/m1/s1. The summed E-state index contributed by atoms with van der Waals surface area (Å²) in [5, 5.41) is 4.56. The van der Waals surface area contributed by atoms with Gasteiger partial charge in [0.05, 0.1) is 12.5 Å². The van der Waals surface area contributed by atoms with Gasteiger partial charge in [-0.1, -0.05) is 42.5 Å². The van der Waals surface area contributed by atoms with Crippen LogP contribution in [0.4, 0.5) is 5.82 Å². The van der Waals surface area contributed by atoms with E-state index >= 15 is 0 Å². The molecular formula is C21H19N3OS. The Morgan fingerprint density at radius 3 is 2.65 bits per heavy atom. The van der Waals surface area contributed by atoms with Crippen LogP contribution in [0.3, 0.4) is 0 Å². The van der Waals surface area contributed by atoms with Crippen LogP contribution in [0.15, 0.2) is 67.0 Å².